The third-order valence-corrected chi connectivity index (χ3v) is 5.68. The minimum atomic E-state index is 0.420. The lowest BCUT2D eigenvalue weighted by Gasteiger charge is -2.40. The van der Waals surface area contributed by atoms with E-state index in [1.807, 2.05) is 36.9 Å². The van der Waals surface area contributed by atoms with Crippen molar-refractivity contribution in [1.29, 1.82) is 0 Å². The molecular formula is C16H21N3S. The molecule has 4 heteroatoms. The van der Waals surface area contributed by atoms with Gasteiger partial charge in [-0.3, -0.25) is 4.98 Å². The molecule has 0 unspecified atom stereocenters. The molecule has 0 aliphatic heterocycles. The van der Waals surface area contributed by atoms with Crippen LogP contribution >= 0.6 is 11.8 Å². The number of nitrogens with zero attached hydrogens (tertiary/aromatic N) is 1. The summed E-state index contributed by atoms with van der Waals surface area (Å²) in [5.74, 6) is 0. The average Bonchev–Trinajstić information content (AvgIpc) is 2.38. The first-order valence-corrected chi connectivity index (χ1v) is 8.30. The first-order valence-electron chi connectivity index (χ1n) is 7.08. The van der Waals surface area contributed by atoms with Crippen molar-refractivity contribution in [3.63, 3.8) is 0 Å². The molecule has 2 aromatic rings. The van der Waals surface area contributed by atoms with Crippen LogP contribution in [0.25, 0.3) is 10.9 Å². The highest BCUT2D eigenvalue weighted by Gasteiger charge is 2.35. The summed E-state index contributed by atoms with van der Waals surface area (Å²) in [7, 11) is 0. The maximum Gasteiger partial charge on any atom is 0.0727 e. The molecule has 0 atom stereocenters. The van der Waals surface area contributed by atoms with Gasteiger partial charge >= 0.3 is 0 Å². The van der Waals surface area contributed by atoms with E-state index in [-0.39, 0.29) is 0 Å². The Balaban J connectivity index is 1.92. The van der Waals surface area contributed by atoms with Crippen LogP contribution in [0.15, 0.2) is 24.3 Å². The Kier molecular flexibility index (Phi) is 3.50. The van der Waals surface area contributed by atoms with Gasteiger partial charge in [-0.1, -0.05) is 6.42 Å². The molecule has 1 fully saturated rings. The molecule has 1 aliphatic rings. The van der Waals surface area contributed by atoms with Gasteiger partial charge in [0, 0.05) is 33.7 Å². The van der Waals surface area contributed by atoms with Crippen molar-refractivity contribution in [1.82, 2.24) is 4.98 Å². The van der Waals surface area contributed by atoms with E-state index in [1.165, 1.54) is 19.3 Å². The fourth-order valence-corrected chi connectivity index (χ4v) is 3.72. The second-order valence-electron chi connectivity index (χ2n) is 5.68. The number of aryl methyl sites for hydroxylation is 1. The second-order valence-corrected chi connectivity index (χ2v) is 6.96. The lowest BCUT2D eigenvalue weighted by Crippen LogP contribution is -2.40. The molecule has 0 saturated heterocycles. The third kappa shape index (κ3) is 2.44. The van der Waals surface area contributed by atoms with Crippen molar-refractivity contribution >= 4 is 34.0 Å². The van der Waals surface area contributed by atoms with Crippen LogP contribution in [0.3, 0.4) is 0 Å². The molecule has 1 aromatic heterocycles. The zero-order valence-electron chi connectivity index (χ0n) is 12.1. The van der Waals surface area contributed by atoms with E-state index in [1.54, 1.807) is 0 Å². The maximum atomic E-state index is 5.92. The molecule has 0 bridgehead atoms. The van der Waals surface area contributed by atoms with Crippen LogP contribution in [0.4, 0.5) is 11.4 Å². The normalized spacial score (nSPS) is 16.9. The largest absolute Gasteiger partial charge is 0.399 e. The molecule has 20 heavy (non-hydrogen) atoms. The number of nitrogen functional groups attached to an aromatic ring is 1. The summed E-state index contributed by atoms with van der Waals surface area (Å²) >= 11 is 1.99. The Morgan fingerprint density at radius 3 is 2.80 bits per heavy atom. The average molecular weight is 287 g/mol. The number of nitrogens with two attached hydrogens (primary N) is 1. The molecule has 0 amide bonds. The van der Waals surface area contributed by atoms with Gasteiger partial charge in [-0.05, 0) is 50.3 Å². The summed E-state index contributed by atoms with van der Waals surface area (Å²) in [6.45, 7) is 3.05. The fraction of sp³-hybridized carbons (Fsp3) is 0.438. The van der Waals surface area contributed by atoms with Crippen molar-refractivity contribution in [3.05, 3.63) is 30.0 Å². The summed E-state index contributed by atoms with van der Waals surface area (Å²) < 4.78 is 0.420. The standard InChI is InChI=1S/C16H21N3S/c1-11-8-15(18-10-16(20-2)6-3-7-16)13-9-12(17)4-5-14(13)19-11/h4-5,8-9H,3,6-7,10,17H2,1-2H3,(H,18,19). The molecule has 1 heterocycles. The Morgan fingerprint density at radius 2 is 2.15 bits per heavy atom. The Hall–Kier alpha value is -1.42. The number of hydrogen-bond donors (Lipinski definition) is 2. The monoisotopic (exact) mass is 287 g/mol. The minimum Gasteiger partial charge on any atom is -0.399 e. The number of benzene rings is 1. The molecule has 1 aliphatic carbocycles. The van der Waals surface area contributed by atoms with E-state index in [0.29, 0.717) is 4.75 Å². The topological polar surface area (TPSA) is 50.9 Å². The number of fused-ring (bicyclic) bond motifs is 1. The third-order valence-electron chi connectivity index (χ3n) is 4.26. The number of thioether (sulfide) groups is 1. The van der Waals surface area contributed by atoms with Gasteiger partial charge in [-0.15, -0.1) is 0 Å². The predicted molar refractivity (Wildman–Crippen MR) is 89.5 cm³/mol. The molecule has 1 aromatic carbocycles. The van der Waals surface area contributed by atoms with Gasteiger partial charge < -0.3 is 11.1 Å². The van der Waals surface area contributed by atoms with Crippen LogP contribution in [0, 0.1) is 6.92 Å². The van der Waals surface area contributed by atoms with Gasteiger partial charge in [-0.25, -0.2) is 0 Å². The van der Waals surface area contributed by atoms with Crippen LogP contribution < -0.4 is 11.1 Å². The highest BCUT2D eigenvalue weighted by Crippen LogP contribution is 2.43. The SMILES string of the molecule is CSC1(CNc2cc(C)nc3ccc(N)cc23)CCC1. The van der Waals surface area contributed by atoms with Gasteiger partial charge in [-0.2, -0.15) is 11.8 Å². The lowest BCUT2D eigenvalue weighted by atomic mass is 9.84. The quantitative estimate of drug-likeness (QED) is 0.839. The lowest BCUT2D eigenvalue weighted by molar-refractivity contribution is 0.380. The van der Waals surface area contributed by atoms with Crippen LogP contribution in [-0.4, -0.2) is 22.5 Å². The van der Waals surface area contributed by atoms with Crippen LogP contribution in [0.5, 0.6) is 0 Å². The molecule has 3 N–H and O–H groups in total. The molecule has 3 rings (SSSR count). The fourth-order valence-electron chi connectivity index (χ4n) is 2.80. The van der Waals surface area contributed by atoms with Gasteiger partial charge in [0.15, 0.2) is 0 Å². The summed E-state index contributed by atoms with van der Waals surface area (Å²) in [6, 6.07) is 8.04. The van der Waals surface area contributed by atoms with Crippen LogP contribution in [0.1, 0.15) is 25.0 Å². The number of nitrogens with one attached hydrogen (secondary N) is 1. The van der Waals surface area contributed by atoms with Gasteiger partial charge in [0.05, 0.1) is 5.52 Å². The highest BCUT2D eigenvalue weighted by molar-refractivity contribution is 8.00. The number of anilines is 2. The predicted octanol–water partition coefficient (Wildman–Crippen LogP) is 3.82. The van der Waals surface area contributed by atoms with E-state index >= 15 is 0 Å². The van der Waals surface area contributed by atoms with Crippen molar-refractivity contribution in [2.24, 2.45) is 0 Å². The first kappa shape index (κ1) is 13.6. The molecule has 0 spiro atoms. The van der Waals surface area contributed by atoms with E-state index in [9.17, 15) is 0 Å². The van der Waals surface area contributed by atoms with E-state index < -0.39 is 0 Å². The molecule has 106 valence electrons. The zero-order valence-corrected chi connectivity index (χ0v) is 12.9. The summed E-state index contributed by atoms with van der Waals surface area (Å²) in [6.07, 6.45) is 6.19. The highest BCUT2D eigenvalue weighted by atomic mass is 32.2. The van der Waals surface area contributed by atoms with Crippen LogP contribution in [0.2, 0.25) is 0 Å². The van der Waals surface area contributed by atoms with Crippen molar-refractivity contribution in [2.45, 2.75) is 30.9 Å². The summed E-state index contributed by atoms with van der Waals surface area (Å²) in [5, 5.41) is 4.75. The molecule has 0 radical (unpaired) electrons. The zero-order chi connectivity index (χ0) is 14.2. The Bertz CT molecular complexity index is 629. The molecule has 3 nitrogen and oxygen atoms in total. The van der Waals surface area contributed by atoms with Crippen molar-refractivity contribution < 1.29 is 0 Å². The van der Waals surface area contributed by atoms with Crippen molar-refractivity contribution in [3.8, 4) is 0 Å². The smallest absolute Gasteiger partial charge is 0.0727 e. The van der Waals surface area contributed by atoms with Crippen molar-refractivity contribution in [2.75, 3.05) is 23.9 Å². The van der Waals surface area contributed by atoms with Gasteiger partial charge in [0.1, 0.15) is 0 Å². The molecule has 1 saturated carbocycles. The van der Waals surface area contributed by atoms with Gasteiger partial charge in [0.2, 0.25) is 0 Å². The van der Waals surface area contributed by atoms with Gasteiger partial charge in [0.25, 0.3) is 0 Å². The van der Waals surface area contributed by atoms with E-state index in [4.69, 9.17) is 5.73 Å². The summed E-state index contributed by atoms with van der Waals surface area (Å²) in [5.41, 5.74) is 9.90. The number of hydrogen-bond acceptors (Lipinski definition) is 4. The maximum absolute atomic E-state index is 5.92. The summed E-state index contributed by atoms with van der Waals surface area (Å²) in [4.78, 5) is 4.58. The molecular weight excluding hydrogens is 266 g/mol. The Labute approximate surface area is 124 Å². The Morgan fingerprint density at radius 1 is 1.35 bits per heavy atom. The van der Waals surface area contributed by atoms with Crippen LogP contribution in [-0.2, 0) is 0 Å². The first-order chi connectivity index (χ1) is 9.62. The number of rotatable bonds is 4. The number of pyridine rings is 1. The number of aromatic nitrogens is 1. The minimum absolute atomic E-state index is 0.420. The van der Waals surface area contributed by atoms with E-state index in [0.717, 1.165) is 34.5 Å². The second kappa shape index (κ2) is 5.17. The van der Waals surface area contributed by atoms with E-state index in [2.05, 4.69) is 22.6 Å².